The molecule has 0 aliphatic carbocycles. The minimum absolute atomic E-state index is 1.00. The van der Waals surface area contributed by atoms with E-state index in [2.05, 4.69) is 53.5 Å². The van der Waals surface area contributed by atoms with Gasteiger partial charge >= 0.3 is 0 Å². The van der Waals surface area contributed by atoms with Crippen LogP contribution in [0, 0.1) is 0 Å². The molecule has 0 fully saturated rings. The summed E-state index contributed by atoms with van der Waals surface area (Å²) in [6.07, 6.45) is 2.50. The van der Waals surface area contributed by atoms with Crippen molar-refractivity contribution in [1.82, 2.24) is 10.2 Å². The molecule has 1 N–H and O–H groups in total. The van der Waals surface area contributed by atoms with E-state index in [1.165, 1.54) is 34.7 Å². The summed E-state index contributed by atoms with van der Waals surface area (Å²) >= 11 is 1.95. The molecule has 2 nitrogen and oxygen atoms in total. The highest BCUT2D eigenvalue weighted by molar-refractivity contribution is 7.11. The summed E-state index contributed by atoms with van der Waals surface area (Å²) in [5, 5.41) is 3.40. The van der Waals surface area contributed by atoms with Gasteiger partial charge < -0.3 is 5.32 Å². The summed E-state index contributed by atoms with van der Waals surface area (Å²) in [6.45, 7) is 7.58. The lowest BCUT2D eigenvalue weighted by Crippen LogP contribution is -2.22. The molecule has 112 valence electrons. The molecule has 0 atom stereocenters. The van der Waals surface area contributed by atoms with E-state index < -0.39 is 0 Å². The van der Waals surface area contributed by atoms with Gasteiger partial charge in [0.25, 0.3) is 0 Å². The third-order valence-electron chi connectivity index (χ3n) is 4.08. The number of nitrogens with one attached hydrogen (secondary N) is 1. The Morgan fingerprint density at radius 1 is 1.10 bits per heavy atom. The van der Waals surface area contributed by atoms with Crippen molar-refractivity contribution in [2.24, 2.45) is 0 Å². The minimum atomic E-state index is 1.00. The van der Waals surface area contributed by atoms with E-state index >= 15 is 0 Å². The lowest BCUT2D eigenvalue weighted by molar-refractivity contribution is 0.263. The van der Waals surface area contributed by atoms with E-state index in [0.29, 0.717) is 0 Å². The second kappa shape index (κ2) is 7.21. The average Bonchev–Trinajstić information content (AvgIpc) is 2.83. The van der Waals surface area contributed by atoms with Crippen LogP contribution in [0.1, 0.15) is 34.2 Å². The molecule has 3 rings (SSSR count). The largest absolute Gasteiger partial charge is 0.312 e. The molecule has 0 bridgehead atoms. The first-order valence-corrected chi connectivity index (χ1v) is 8.74. The van der Waals surface area contributed by atoms with Crippen molar-refractivity contribution in [1.29, 1.82) is 0 Å². The summed E-state index contributed by atoms with van der Waals surface area (Å²) in [6, 6.07) is 13.5. The van der Waals surface area contributed by atoms with Gasteiger partial charge in [-0.15, -0.1) is 11.3 Å². The molecule has 0 unspecified atom stereocenters. The predicted octanol–water partition coefficient (Wildman–Crippen LogP) is 3.81. The Labute approximate surface area is 131 Å². The SMILES string of the molecule is CCNCc1ccc(CN2CCCc3ccccc3C2)s1. The molecule has 0 amide bonds. The topological polar surface area (TPSA) is 15.3 Å². The van der Waals surface area contributed by atoms with Crippen molar-refractivity contribution in [2.45, 2.75) is 39.4 Å². The van der Waals surface area contributed by atoms with Gasteiger partial charge in [-0.2, -0.15) is 0 Å². The monoisotopic (exact) mass is 300 g/mol. The Balaban J connectivity index is 1.64. The summed E-state index contributed by atoms with van der Waals surface area (Å²) in [4.78, 5) is 5.53. The number of hydrogen-bond donors (Lipinski definition) is 1. The zero-order valence-electron chi connectivity index (χ0n) is 12.8. The highest BCUT2D eigenvalue weighted by Gasteiger charge is 2.14. The molecule has 21 heavy (non-hydrogen) atoms. The van der Waals surface area contributed by atoms with E-state index in [0.717, 1.165) is 26.2 Å². The average molecular weight is 300 g/mol. The summed E-state index contributed by atoms with van der Waals surface area (Å²) < 4.78 is 0. The first-order chi connectivity index (χ1) is 10.3. The van der Waals surface area contributed by atoms with Gasteiger partial charge in [-0.1, -0.05) is 31.2 Å². The quantitative estimate of drug-likeness (QED) is 0.903. The van der Waals surface area contributed by atoms with Gasteiger partial charge in [0.2, 0.25) is 0 Å². The van der Waals surface area contributed by atoms with Crippen LogP contribution in [-0.2, 0) is 26.1 Å². The van der Waals surface area contributed by atoms with Gasteiger partial charge in [0.1, 0.15) is 0 Å². The lowest BCUT2D eigenvalue weighted by atomic mass is 10.0. The first kappa shape index (κ1) is 14.8. The number of fused-ring (bicyclic) bond motifs is 1. The van der Waals surface area contributed by atoms with E-state index in [9.17, 15) is 0 Å². The standard InChI is InChI=1S/C18H24N2S/c1-2-19-12-17-9-10-18(21-17)14-20-11-5-8-15-6-3-4-7-16(15)13-20/h3-4,6-7,9-10,19H,2,5,8,11-14H2,1H3. The zero-order valence-corrected chi connectivity index (χ0v) is 13.6. The molecule has 0 saturated heterocycles. The maximum absolute atomic E-state index is 3.40. The van der Waals surface area contributed by atoms with Crippen LogP contribution in [0.2, 0.25) is 0 Å². The zero-order chi connectivity index (χ0) is 14.5. The fourth-order valence-corrected chi connectivity index (χ4v) is 4.00. The lowest BCUT2D eigenvalue weighted by Gasteiger charge is -2.19. The van der Waals surface area contributed by atoms with Crippen molar-refractivity contribution >= 4 is 11.3 Å². The Hall–Kier alpha value is -1.16. The third-order valence-corrected chi connectivity index (χ3v) is 5.15. The molecular weight excluding hydrogens is 276 g/mol. The van der Waals surface area contributed by atoms with Gasteiger partial charge in [-0.3, -0.25) is 4.90 Å². The van der Waals surface area contributed by atoms with Crippen molar-refractivity contribution in [2.75, 3.05) is 13.1 Å². The smallest absolute Gasteiger partial charge is 0.0331 e. The fourth-order valence-electron chi connectivity index (χ4n) is 2.97. The molecular formula is C18H24N2S. The molecule has 0 spiro atoms. The molecule has 0 radical (unpaired) electrons. The van der Waals surface area contributed by atoms with E-state index in [1.807, 2.05) is 11.3 Å². The number of rotatable bonds is 5. The van der Waals surface area contributed by atoms with Gasteiger partial charge in [0.15, 0.2) is 0 Å². The predicted molar refractivity (Wildman–Crippen MR) is 90.6 cm³/mol. The van der Waals surface area contributed by atoms with Crippen LogP contribution in [0.25, 0.3) is 0 Å². The van der Waals surface area contributed by atoms with Crippen LogP contribution >= 0.6 is 11.3 Å². The van der Waals surface area contributed by atoms with Crippen LogP contribution in [0.5, 0.6) is 0 Å². The Kier molecular flexibility index (Phi) is 5.07. The van der Waals surface area contributed by atoms with Crippen LogP contribution < -0.4 is 5.32 Å². The molecule has 2 heterocycles. The first-order valence-electron chi connectivity index (χ1n) is 7.92. The van der Waals surface area contributed by atoms with Gasteiger partial charge in [0.05, 0.1) is 0 Å². The van der Waals surface area contributed by atoms with Gasteiger partial charge in [-0.25, -0.2) is 0 Å². The number of nitrogens with zero attached hydrogens (tertiary/aromatic N) is 1. The van der Waals surface area contributed by atoms with Gasteiger partial charge in [0, 0.05) is 29.4 Å². The molecule has 3 heteroatoms. The number of aryl methyl sites for hydroxylation is 1. The summed E-state index contributed by atoms with van der Waals surface area (Å²) in [7, 11) is 0. The van der Waals surface area contributed by atoms with Crippen molar-refractivity contribution in [3.8, 4) is 0 Å². The number of thiophene rings is 1. The third kappa shape index (κ3) is 3.94. The highest BCUT2D eigenvalue weighted by atomic mass is 32.1. The van der Waals surface area contributed by atoms with Crippen LogP contribution in [0.3, 0.4) is 0 Å². The Morgan fingerprint density at radius 2 is 1.90 bits per heavy atom. The molecule has 2 aromatic rings. The summed E-state index contributed by atoms with van der Waals surface area (Å²) in [5.74, 6) is 0. The number of hydrogen-bond acceptors (Lipinski definition) is 3. The van der Waals surface area contributed by atoms with E-state index in [4.69, 9.17) is 0 Å². The molecule has 1 aromatic heterocycles. The molecule has 1 aromatic carbocycles. The normalized spacial score (nSPS) is 15.7. The second-order valence-electron chi connectivity index (χ2n) is 5.73. The maximum Gasteiger partial charge on any atom is 0.0331 e. The Morgan fingerprint density at radius 3 is 2.76 bits per heavy atom. The minimum Gasteiger partial charge on any atom is -0.312 e. The van der Waals surface area contributed by atoms with Crippen LogP contribution in [-0.4, -0.2) is 18.0 Å². The van der Waals surface area contributed by atoms with Crippen molar-refractivity contribution < 1.29 is 0 Å². The van der Waals surface area contributed by atoms with Crippen LogP contribution in [0.4, 0.5) is 0 Å². The number of benzene rings is 1. The van der Waals surface area contributed by atoms with E-state index in [-0.39, 0.29) is 0 Å². The molecule has 0 saturated carbocycles. The Bertz CT molecular complexity index is 576. The fraction of sp³-hybridized carbons (Fsp3) is 0.444. The molecule has 1 aliphatic heterocycles. The van der Waals surface area contributed by atoms with E-state index in [1.54, 1.807) is 5.56 Å². The van der Waals surface area contributed by atoms with Crippen molar-refractivity contribution in [3.05, 3.63) is 57.3 Å². The second-order valence-corrected chi connectivity index (χ2v) is 6.98. The van der Waals surface area contributed by atoms with Crippen molar-refractivity contribution in [3.63, 3.8) is 0 Å². The van der Waals surface area contributed by atoms with Gasteiger partial charge in [-0.05, 0) is 49.2 Å². The summed E-state index contributed by atoms with van der Waals surface area (Å²) in [5.41, 5.74) is 3.05. The maximum atomic E-state index is 3.40. The van der Waals surface area contributed by atoms with Crippen LogP contribution in [0.15, 0.2) is 36.4 Å². The highest BCUT2D eigenvalue weighted by Crippen LogP contribution is 2.23. The molecule has 1 aliphatic rings.